The van der Waals surface area contributed by atoms with Crippen LogP contribution in [-0.4, -0.2) is 40.5 Å². The van der Waals surface area contributed by atoms with Crippen molar-refractivity contribution in [3.05, 3.63) is 92.4 Å². The van der Waals surface area contributed by atoms with Crippen LogP contribution in [0.3, 0.4) is 0 Å². The molecule has 0 aliphatic carbocycles. The number of anilines is 2. The Morgan fingerprint density at radius 2 is 1.88 bits per heavy atom. The molecule has 1 N–H and O–H groups in total. The summed E-state index contributed by atoms with van der Waals surface area (Å²) in [5.41, 5.74) is 1.87. The molecule has 2 aliphatic heterocycles. The zero-order valence-corrected chi connectivity index (χ0v) is 18.6. The van der Waals surface area contributed by atoms with Crippen LogP contribution in [0, 0.1) is 16.0 Å². The first kappa shape index (κ1) is 21.7. The maximum atomic E-state index is 13.3. The molecule has 34 heavy (non-hydrogen) atoms. The number of hydrogen-bond donors (Lipinski definition) is 1. The van der Waals surface area contributed by atoms with Crippen molar-refractivity contribution >= 4 is 23.0 Å². The van der Waals surface area contributed by atoms with Gasteiger partial charge in [0.1, 0.15) is 11.4 Å². The Morgan fingerprint density at radius 3 is 2.68 bits per heavy atom. The number of likely N-dealkylation sites (tertiary alicyclic amines) is 1. The molecule has 5 rings (SSSR count). The van der Waals surface area contributed by atoms with Crippen molar-refractivity contribution < 1.29 is 14.5 Å². The van der Waals surface area contributed by atoms with E-state index < -0.39 is 4.92 Å². The average Bonchev–Trinajstić information content (AvgIpc) is 2.84. The summed E-state index contributed by atoms with van der Waals surface area (Å²) in [7, 11) is 1.53. The summed E-state index contributed by atoms with van der Waals surface area (Å²) in [5.74, 6) is 0.563. The second-order valence-corrected chi connectivity index (χ2v) is 8.72. The van der Waals surface area contributed by atoms with Gasteiger partial charge in [-0.3, -0.25) is 19.7 Å². The molecule has 174 valence electrons. The number of aromatic nitrogens is 1. The molecule has 0 radical (unpaired) electrons. The Kier molecular flexibility index (Phi) is 5.53. The maximum Gasteiger partial charge on any atom is 0.293 e. The summed E-state index contributed by atoms with van der Waals surface area (Å²) in [6.45, 7) is 1.58. The van der Waals surface area contributed by atoms with E-state index in [1.807, 2.05) is 16.7 Å². The lowest BCUT2D eigenvalue weighted by Crippen LogP contribution is -2.49. The van der Waals surface area contributed by atoms with E-state index in [4.69, 9.17) is 4.74 Å². The van der Waals surface area contributed by atoms with Crippen LogP contribution in [0.4, 0.5) is 17.1 Å². The molecule has 1 saturated heterocycles. The molecule has 3 heterocycles. The van der Waals surface area contributed by atoms with E-state index in [2.05, 4.69) is 5.32 Å². The summed E-state index contributed by atoms with van der Waals surface area (Å²) >= 11 is 0. The number of nitro groups is 1. The number of amides is 1. The van der Waals surface area contributed by atoms with Gasteiger partial charge in [0.2, 0.25) is 0 Å². The molecule has 0 saturated carbocycles. The Labute approximate surface area is 195 Å². The number of benzene rings is 2. The van der Waals surface area contributed by atoms with Crippen molar-refractivity contribution in [1.29, 1.82) is 0 Å². The van der Waals surface area contributed by atoms with Gasteiger partial charge >= 0.3 is 0 Å². The number of carbonyl (C=O) groups is 1. The summed E-state index contributed by atoms with van der Waals surface area (Å²) in [5, 5.41) is 14.9. The number of piperidine rings is 1. The van der Waals surface area contributed by atoms with Gasteiger partial charge in [-0.25, -0.2) is 0 Å². The van der Waals surface area contributed by atoms with Crippen LogP contribution in [0.25, 0.3) is 0 Å². The third kappa shape index (κ3) is 3.89. The molecule has 3 aromatic rings. The number of carbonyl (C=O) groups excluding carboxylic acids is 1. The number of nitrogens with one attached hydrogen (secondary N) is 1. The standard InChI is InChI=1S/C25H24N4O5/c1-34-23-7-3-2-5-20(23)26-19-10-9-17(12-22(19)29(32)33)25(31)27-13-16-11-18(15-27)21-6-4-8-24(30)28(21)14-16/h2-10,12,16,18,26H,11,13-15H2,1H3. The average molecular weight is 460 g/mol. The third-order valence-corrected chi connectivity index (χ3v) is 6.58. The van der Waals surface area contributed by atoms with Gasteiger partial charge in [0.25, 0.3) is 17.2 Å². The van der Waals surface area contributed by atoms with E-state index >= 15 is 0 Å². The summed E-state index contributed by atoms with van der Waals surface area (Å²) in [6.07, 6.45) is 0.926. The van der Waals surface area contributed by atoms with E-state index in [1.54, 1.807) is 47.4 Å². The molecule has 9 heteroatoms. The molecule has 2 unspecified atom stereocenters. The first-order valence-electron chi connectivity index (χ1n) is 11.1. The summed E-state index contributed by atoms with van der Waals surface area (Å²) in [4.78, 5) is 38.7. The number of rotatable bonds is 5. The van der Waals surface area contributed by atoms with Crippen molar-refractivity contribution in [3.8, 4) is 5.75 Å². The second-order valence-electron chi connectivity index (χ2n) is 8.72. The first-order chi connectivity index (χ1) is 16.4. The minimum atomic E-state index is -0.498. The number of pyridine rings is 1. The van der Waals surface area contributed by atoms with E-state index in [1.165, 1.54) is 13.2 Å². The minimum Gasteiger partial charge on any atom is -0.495 e. The molecule has 2 atom stereocenters. The molecular weight excluding hydrogens is 436 g/mol. The van der Waals surface area contributed by atoms with Crippen LogP contribution >= 0.6 is 0 Å². The van der Waals surface area contributed by atoms with Crippen molar-refractivity contribution in [3.63, 3.8) is 0 Å². The zero-order chi connectivity index (χ0) is 23.8. The van der Waals surface area contributed by atoms with Crippen LogP contribution in [0.2, 0.25) is 0 Å². The largest absolute Gasteiger partial charge is 0.495 e. The smallest absolute Gasteiger partial charge is 0.293 e. The van der Waals surface area contributed by atoms with Crippen molar-refractivity contribution in [2.24, 2.45) is 5.92 Å². The van der Waals surface area contributed by atoms with E-state index in [0.29, 0.717) is 31.1 Å². The minimum absolute atomic E-state index is 0.0132. The lowest BCUT2D eigenvalue weighted by atomic mass is 9.83. The predicted molar refractivity (Wildman–Crippen MR) is 127 cm³/mol. The van der Waals surface area contributed by atoms with Crippen LogP contribution in [0.1, 0.15) is 28.4 Å². The number of para-hydroxylation sites is 2. The fourth-order valence-electron chi connectivity index (χ4n) is 5.06. The van der Waals surface area contributed by atoms with Crippen molar-refractivity contribution in [2.75, 3.05) is 25.5 Å². The molecule has 2 aromatic carbocycles. The van der Waals surface area contributed by atoms with Gasteiger partial charge in [0.15, 0.2) is 0 Å². The summed E-state index contributed by atoms with van der Waals surface area (Å²) < 4.78 is 7.12. The maximum absolute atomic E-state index is 13.3. The Bertz CT molecular complexity index is 1330. The van der Waals surface area contributed by atoms with Gasteiger partial charge in [-0.15, -0.1) is 0 Å². The quantitative estimate of drug-likeness (QED) is 0.459. The lowest BCUT2D eigenvalue weighted by Gasteiger charge is -2.42. The molecule has 0 spiro atoms. The SMILES string of the molecule is COc1ccccc1Nc1ccc(C(=O)N2CC3CC(C2)c2cccc(=O)n2C3)cc1[N+](=O)[O-]. The van der Waals surface area contributed by atoms with E-state index in [0.717, 1.165) is 12.1 Å². The Balaban J connectivity index is 1.41. The normalized spacial score (nSPS) is 18.7. The van der Waals surface area contributed by atoms with Crippen molar-refractivity contribution in [2.45, 2.75) is 18.9 Å². The fraction of sp³-hybridized carbons (Fsp3) is 0.280. The van der Waals surface area contributed by atoms with Crippen LogP contribution in [-0.2, 0) is 6.54 Å². The molecule has 2 aliphatic rings. The van der Waals surface area contributed by atoms with Crippen LogP contribution in [0.15, 0.2) is 65.5 Å². The highest BCUT2D eigenvalue weighted by Gasteiger charge is 2.36. The Hall–Kier alpha value is -4.14. The number of methoxy groups -OCH3 is 1. The monoisotopic (exact) mass is 460 g/mol. The molecule has 1 amide bonds. The van der Waals surface area contributed by atoms with E-state index in [-0.39, 0.29) is 40.2 Å². The zero-order valence-electron chi connectivity index (χ0n) is 18.6. The highest BCUT2D eigenvalue weighted by molar-refractivity contribution is 5.96. The number of hydrogen-bond acceptors (Lipinski definition) is 6. The van der Waals surface area contributed by atoms with Gasteiger partial charge in [0.05, 0.1) is 17.7 Å². The fourth-order valence-corrected chi connectivity index (χ4v) is 5.06. The number of fused-ring (bicyclic) bond motifs is 4. The van der Waals surface area contributed by atoms with Gasteiger partial charge in [-0.1, -0.05) is 18.2 Å². The van der Waals surface area contributed by atoms with Crippen LogP contribution in [0.5, 0.6) is 5.75 Å². The lowest BCUT2D eigenvalue weighted by molar-refractivity contribution is -0.383. The topological polar surface area (TPSA) is 107 Å². The third-order valence-electron chi connectivity index (χ3n) is 6.58. The number of nitrogens with zero attached hydrogens (tertiary/aromatic N) is 3. The molecular formula is C25H24N4O5. The van der Waals surface area contributed by atoms with Gasteiger partial charge in [-0.2, -0.15) is 0 Å². The molecule has 1 fully saturated rings. The van der Waals surface area contributed by atoms with Gasteiger partial charge in [0, 0.05) is 48.9 Å². The molecule has 9 nitrogen and oxygen atoms in total. The highest BCUT2D eigenvalue weighted by Crippen LogP contribution is 2.37. The predicted octanol–water partition coefficient (Wildman–Crippen LogP) is 3.77. The van der Waals surface area contributed by atoms with Crippen molar-refractivity contribution in [1.82, 2.24) is 9.47 Å². The number of ether oxygens (including phenoxy) is 1. The molecule has 2 bridgehead atoms. The van der Waals surface area contributed by atoms with Gasteiger partial charge in [-0.05, 0) is 42.7 Å². The summed E-state index contributed by atoms with van der Waals surface area (Å²) in [6, 6.07) is 16.9. The van der Waals surface area contributed by atoms with Gasteiger partial charge < -0.3 is 19.5 Å². The van der Waals surface area contributed by atoms with Crippen LogP contribution < -0.4 is 15.6 Å². The first-order valence-corrected chi connectivity index (χ1v) is 11.1. The highest BCUT2D eigenvalue weighted by atomic mass is 16.6. The Morgan fingerprint density at radius 1 is 1.06 bits per heavy atom. The number of nitro benzene ring substituents is 1. The molecule has 1 aromatic heterocycles. The van der Waals surface area contributed by atoms with E-state index in [9.17, 15) is 19.7 Å². The second kappa shape index (κ2) is 8.66.